The van der Waals surface area contributed by atoms with Gasteiger partial charge in [0.1, 0.15) is 11.3 Å². The molecule has 2 heterocycles. The number of hydrogen-bond acceptors (Lipinski definition) is 6. The summed E-state index contributed by atoms with van der Waals surface area (Å²) in [5.41, 5.74) is -2.34. The monoisotopic (exact) mass is 581 g/mol. The van der Waals surface area contributed by atoms with Gasteiger partial charge in [-0.15, -0.1) is 0 Å². The molecule has 14 heteroatoms. The number of anilines is 1. The summed E-state index contributed by atoms with van der Waals surface area (Å²) < 4.78 is 78.8. The second kappa shape index (κ2) is 11.1. The molecule has 0 bridgehead atoms. The first-order chi connectivity index (χ1) is 18.5. The van der Waals surface area contributed by atoms with Gasteiger partial charge >= 0.3 is 0 Å². The van der Waals surface area contributed by atoms with Crippen LogP contribution in [0, 0.1) is 17.5 Å². The number of aromatic amines is 1. The van der Waals surface area contributed by atoms with E-state index < -0.39 is 55.1 Å². The Hall–Kier alpha value is -3.84. The van der Waals surface area contributed by atoms with Crippen LogP contribution in [0.3, 0.4) is 0 Å². The lowest BCUT2D eigenvalue weighted by Gasteiger charge is -2.14. The van der Waals surface area contributed by atoms with Crippen molar-refractivity contribution in [3.05, 3.63) is 64.7 Å². The van der Waals surface area contributed by atoms with E-state index in [1.165, 1.54) is 13.2 Å². The second-order valence-corrected chi connectivity index (χ2v) is 10.7. The molecule has 0 saturated carbocycles. The third-order valence-corrected chi connectivity index (χ3v) is 7.43. The third kappa shape index (κ3) is 5.50. The predicted molar refractivity (Wildman–Crippen MR) is 140 cm³/mol. The molecule has 0 aliphatic rings. The van der Waals surface area contributed by atoms with Crippen molar-refractivity contribution in [2.75, 3.05) is 11.8 Å². The normalized spacial score (nSPS) is 12.4. The first-order valence-corrected chi connectivity index (χ1v) is 13.5. The molecule has 1 amide bonds. The highest BCUT2D eigenvalue weighted by atomic mass is 35.5. The molecule has 2 aromatic heterocycles. The van der Waals surface area contributed by atoms with Gasteiger partial charge in [-0.3, -0.25) is 14.6 Å². The Morgan fingerprint density at radius 1 is 1.18 bits per heavy atom. The summed E-state index contributed by atoms with van der Waals surface area (Å²) in [6.07, 6.45) is 2.73. The zero-order valence-corrected chi connectivity index (χ0v) is 22.5. The number of benzene rings is 2. The molecule has 0 aliphatic heterocycles. The van der Waals surface area contributed by atoms with Crippen molar-refractivity contribution in [2.45, 2.75) is 37.6 Å². The maximum atomic E-state index is 15.6. The number of nitrogens with one attached hydrogen (secondary N) is 3. The molecule has 9 nitrogen and oxygen atoms in total. The number of rotatable bonds is 9. The molecule has 1 atom stereocenters. The van der Waals surface area contributed by atoms with Gasteiger partial charge in [0.15, 0.2) is 22.2 Å². The van der Waals surface area contributed by atoms with Crippen LogP contribution in [-0.2, 0) is 10.0 Å². The summed E-state index contributed by atoms with van der Waals surface area (Å²) in [6.45, 7) is 3.79. The average Bonchev–Trinajstić information content (AvgIpc) is 3.32. The minimum atomic E-state index is -4.52. The van der Waals surface area contributed by atoms with E-state index in [0.717, 1.165) is 43.3 Å². The summed E-state index contributed by atoms with van der Waals surface area (Å²) in [5.74, 6) is -4.46. The molecule has 3 N–H and O–H groups in total. The molecule has 0 fully saturated rings. The fourth-order valence-electron chi connectivity index (χ4n) is 4.05. The van der Waals surface area contributed by atoms with Gasteiger partial charge in [-0.25, -0.2) is 26.6 Å². The smallest absolute Gasteiger partial charge is 0.272 e. The largest absolute Gasteiger partial charge is 0.480 e. The molecule has 206 valence electrons. The van der Waals surface area contributed by atoms with Crippen LogP contribution in [0.15, 0.2) is 41.4 Å². The van der Waals surface area contributed by atoms with Crippen LogP contribution >= 0.6 is 11.6 Å². The number of fused-ring (bicyclic) bond motifs is 1. The van der Waals surface area contributed by atoms with Gasteiger partial charge in [0.2, 0.25) is 5.88 Å². The number of H-pyrrole nitrogens is 1. The lowest BCUT2D eigenvalue weighted by Crippen LogP contribution is -2.32. The van der Waals surface area contributed by atoms with E-state index in [2.05, 4.69) is 20.5 Å². The Balaban J connectivity index is 1.74. The Kier molecular flexibility index (Phi) is 8.02. The Morgan fingerprint density at radius 2 is 1.92 bits per heavy atom. The molecule has 0 spiro atoms. The Labute approximate surface area is 226 Å². The molecular weight excluding hydrogens is 559 g/mol. The molecule has 0 radical (unpaired) electrons. The number of methoxy groups -OCH3 is 1. The van der Waals surface area contributed by atoms with E-state index in [0.29, 0.717) is 0 Å². The summed E-state index contributed by atoms with van der Waals surface area (Å²) in [6, 6.07) is 4.92. The molecule has 39 heavy (non-hydrogen) atoms. The number of aromatic nitrogens is 3. The Morgan fingerprint density at radius 3 is 2.62 bits per heavy atom. The van der Waals surface area contributed by atoms with Gasteiger partial charge in [0.05, 0.1) is 23.4 Å². The van der Waals surface area contributed by atoms with Crippen LogP contribution in [-0.4, -0.2) is 42.7 Å². The van der Waals surface area contributed by atoms with Crippen molar-refractivity contribution in [2.24, 2.45) is 0 Å². The highest BCUT2D eigenvalue weighted by Gasteiger charge is 2.27. The van der Waals surface area contributed by atoms with Gasteiger partial charge in [0, 0.05) is 23.2 Å². The molecular formula is C25H23ClF3N5O4S. The first-order valence-electron chi connectivity index (χ1n) is 11.7. The molecule has 4 aromatic rings. The summed E-state index contributed by atoms with van der Waals surface area (Å²) in [7, 11) is -3.34. The standard InChI is InChI=1S/C25H23ClF3N5O4S/c1-4-5-12(2)31-24(35)23-15-7-6-14(20(28)22(15)32-33-23)19-16(27)8-9-17(21(19)29)34-39(36,37)18-10-13(26)11-30-25(18)38-3/h6-12,34H,4-5H2,1-3H3,(H,31,35)(H,32,33). The molecule has 2 aromatic carbocycles. The quantitative estimate of drug-likeness (QED) is 0.242. The number of nitrogens with zero attached hydrogens (tertiary/aromatic N) is 2. The maximum Gasteiger partial charge on any atom is 0.272 e. The first kappa shape index (κ1) is 28.2. The molecule has 1 unspecified atom stereocenters. The maximum absolute atomic E-state index is 15.6. The van der Waals surface area contributed by atoms with Crippen LogP contribution in [0.1, 0.15) is 37.2 Å². The fourth-order valence-corrected chi connectivity index (χ4v) is 5.48. The molecule has 0 aliphatic carbocycles. The number of pyridine rings is 1. The topological polar surface area (TPSA) is 126 Å². The lowest BCUT2D eigenvalue weighted by molar-refractivity contribution is 0.0935. The van der Waals surface area contributed by atoms with Crippen molar-refractivity contribution < 1.29 is 31.1 Å². The van der Waals surface area contributed by atoms with E-state index in [4.69, 9.17) is 16.3 Å². The molecule has 4 rings (SSSR count). The van der Waals surface area contributed by atoms with Gasteiger partial charge in [0.25, 0.3) is 15.9 Å². The van der Waals surface area contributed by atoms with Gasteiger partial charge < -0.3 is 10.1 Å². The number of amides is 1. The van der Waals surface area contributed by atoms with E-state index >= 15 is 8.78 Å². The van der Waals surface area contributed by atoms with Gasteiger partial charge in [-0.1, -0.05) is 31.0 Å². The fraction of sp³-hybridized carbons (Fsp3) is 0.240. The van der Waals surface area contributed by atoms with Crippen LogP contribution in [0.5, 0.6) is 5.88 Å². The van der Waals surface area contributed by atoms with Crippen molar-refractivity contribution in [1.29, 1.82) is 0 Å². The van der Waals surface area contributed by atoms with Crippen molar-refractivity contribution in [3.63, 3.8) is 0 Å². The van der Waals surface area contributed by atoms with E-state index in [1.807, 2.05) is 18.6 Å². The number of carbonyl (C=O) groups is 1. The average molecular weight is 582 g/mol. The summed E-state index contributed by atoms with van der Waals surface area (Å²) in [4.78, 5) is 15.9. The van der Waals surface area contributed by atoms with Crippen LogP contribution in [0.25, 0.3) is 22.0 Å². The van der Waals surface area contributed by atoms with Crippen LogP contribution in [0.4, 0.5) is 18.9 Å². The highest BCUT2D eigenvalue weighted by molar-refractivity contribution is 7.92. The number of halogens is 4. The number of carbonyl (C=O) groups excluding carboxylic acids is 1. The minimum absolute atomic E-state index is 0.0285. The van der Waals surface area contributed by atoms with Gasteiger partial charge in [-0.05, 0) is 37.6 Å². The highest BCUT2D eigenvalue weighted by Crippen LogP contribution is 2.36. The zero-order valence-electron chi connectivity index (χ0n) is 20.9. The summed E-state index contributed by atoms with van der Waals surface area (Å²) in [5, 5.41) is 9.14. The number of sulfonamides is 1. The van der Waals surface area contributed by atoms with Gasteiger partial charge in [-0.2, -0.15) is 5.10 Å². The van der Waals surface area contributed by atoms with Crippen LogP contribution < -0.4 is 14.8 Å². The lowest BCUT2D eigenvalue weighted by atomic mass is 10.0. The third-order valence-electron chi connectivity index (χ3n) is 5.86. The van der Waals surface area contributed by atoms with E-state index in [-0.39, 0.29) is 33.5 Å². The second-order valence-electron chi connectivity index (χ2n) is 8.64. The number of ether oxygens (including phenoxy) is 1. The Bertz CT molecular complexity index is 1680. The SMILES string of the molecule is CCCC(C)NC(=O)c1n[nH]c2c(F)c(-c3c(F)ccc(NS(=O)(=O)c4cc(Cl)cnc4OC)c3F)ccc12. The van der Waals surface area contributed by atoms with E-state index in [1.54, 1.807) is 0 Å². The zero-order chi connectivity index (χ0) is 28.5. The van der Waals surface area contributed by atoms with Crippen molar-refractivity contribution in [1.82, 2.24) is 20.5 Å². The van der Waals surface area contributed by atoms with Crippen LogP contribution in [0.2, 0.25) is 5.02 Å². The summed E-state index contributed by atoms with van der Waals surface area (Å²) >= 11 is 5.86. The molecule has 0 saturated heterocycles. The van der Waals surface area contributed by atoms with E-state index in [9.17, 15) is 17.6 Å². The predicted octanol–water partition coefficient (Wildman–Crippen LogP) is 5.42. The minimum Gasteiger partial charge on any atom is -0.480 e. The number of hydrogen-bond donors (Lipinski definition) is 3. The van der Waals surface area contributed by atoms with Crippen molar-refractivity contribution in [3.8, 4) is 17.0 Å². The van der Waals surface area contributed by atoms with Crippen molar-refractivity contribution >= 4 is 44.1 Å².